The number of anilines is 3. The first kappa shape index (κ1) is 31.8. The van der Waals surface area contributed by atoms with Gasteiger partial charge in [-0.15, -0.1) is 0 Å². The fourth-order valence-corrected chi connectivity index (χ4v) is 5.42. The number of likely N-dealkylation sites (N-methyl/N-ethyl adjacent to an activating group) is 1. The number of aryl methyl sites for hydroxylation is 2. The second kappa shape index (κ2) is 13.3. The Kier molecular flexibility index (Phi) is 8.98. The summed E-state index contributed by atoms with van der Waals surface area (Å²) in [5, 5.41) is 5.93. The molecule has 240 valence electrons. The number of amides is 1. The third-order valence-electron chi connectivity index (χ3n) is 8.20. The van der Waals surface area contributed by atoms with Crippen molar-refractivity contribution in [2.24, 2.45) is 0 Å². The molecule has 1 amide bonds. The first-order valence-electron chi connectivity index (χ1n) is 15.2. The van der Waals surface area contributed by atoms with E-state index in [1.807, 2.05) is 60.7 Å². The molecule has 0 atom stereocenters. The van der Waals surface area contributed by atoms with Gasteiger partial charge in [-0.1, -0.05) is 24.1 Å². The molecule has 8 nitrogen and oxygen atoms in total. The van der Waals surface area contributed by atoms with Gasteiger partial charge in [0.2, 0.25) is 0 Å². The zero-order valence-corrected chi connectivity index (χ0v) is 26.3. The number of pyridine rings is 2. The maximum atomic E-state index is 14.1. The number of nitrogens with one attached hydrogen (secondary N) is 2. The van der Waals surface area contributed by atoms with Gasteiger partial charge in [-0.3, -0.25) is 14.1 Å². The number of hydrogen-bond acceptors (Lipinski definition) is 6. The van der Waals surface area contributed by atoms with E-state index in [-0.39, 0.29) is 23.4 Å². The van der Waals surface area contributed by atoms with Gasteiger partial charge in [0.25, 0.3) is 5.91 Å². The Hall–Kier alpha value is -5.18. The fraction of sp³-hybridized carbons (Fsp3) is 0.250. The number of fused-ring (bicyclic) bond motifs is 1. The van der Waals surface area contributed by atoms with Crippen LogP contribution in [0.3, 0.4) is 0 Å². The van der Waals surface area contributed by atoms with Crippen LogP contribution in [0.4, 0.5) is 30.4 Å². The third kappa shape index (κ3) is 7.46. The average molecular weight is 638 g/mol. The van der Waals surface area contributed by atoms with Crippen molar-refractivity contribution in [1.82, 2.24) is 24.2 Å². The zero-order chi connectivity index (χ0) is 33.1. The van der Waals surface area contributed by atoms with E-state index in [0.29, 0.717) is 35.8 Å². The molecule has 0 saturated carbocycles. The lowest BCUT2D eigenvalue weighted by molar-refractivity contribution is -0.138. The predicted molar refractivity (Wildman–Crippen MR) is 177 cm³/mol. The minimum Gasteiger partial charge on any atom is -0.337 e. The Morgan fingerprint density at radius 2 is 1.74 bits per heavy atom. The number of nitrogens with zero attached hydrogens (tertiary/aromatic N) is 5. The Balaban J connectivity index is 1.20. The molecule has 2 aromatic carbocycles. The predicted octanol–water partition coefficient (Wildman–Crippen LogP) is 6.51. The minimum absolute atomic E-state index is 0.0774. The summed E-state index contributed by atoms with van der Waals surface area (Å²) in [6.45, 7) is 7.07. The molecule has 1 aliphatic heterocycles. The van der Waals surface area contributed by atoms with E-state index in [1.54, 1.807) is 30.6 Å². The van der Waals surface area contributed by atoms with Gasteiger partial charge in [0.15, 0.2) is 5.65 Å². The van der Waals surface area contributed by atoms with Crippen LogP contribution in [-0.2, 0) is 12.7 Å². The second-order valence-corrected chi connectivity index (χ2v) is 11.8. The molecular formula is C36H34F3N7O. The molecule has 0 bridgehead atoms. The van der Waals surface area contributed by atoms with Crippen molar-refractivity contribution in [3.05, 3.63) is 118 Å². The summed E-state index contributed by atoms with van der Waals surface area (Å²) in [4.78, 5) is 26.3. The summed E-state index contributed by atoms with van der Waals surface area (Å²) < 4.78 is 44.1. The number of rotatable bonds is 6. The summed E-state index contributed by atoms with van der Waals surface area (Å²) in [6, 6.07) is 16.7. The van der Waals surface area contributed by atoms with E-state index >= 15 is 0 Å². The average Bonchev–Trinajstić information content (AvgIpc) is 3.47. The number of hydrogen-bond donors (Lipinski definition) is 2. The largest absolute Gasteiger partial charge is 0.416 e. The molecule has 11 heteroatoms. The van der Waals surface area contributed by atoms with Crippen LogP contribution in [0.5, 0.6) is 0 Å². The van der Waals surface area contributed by atoms with Gasteiger partial charge < -0.3 is 15.5 Å². The minimum atomic E-state index is -4.55. The summed E-state index contributed by atoms with van der Waals surface area (Å²) in [5.74, 6) is 6.46. The smallest absolute Gasteiger partial charge is 0.337 e. The van der Waals surface area contributed by atoms with E-state index in [2.05, 4.69) is 37.3 Å². The lowest BCUT2D eigenvalue weighted by Crippen LogP contribution is -2.44. The van der Waals surface area contributed by atoms with Gasteiger partial charge in [-0.05, 0) is 86.0 Å². The summed E-state index contributed by atoms with van der Waals surface area (Å²) in [5.41, 5.74) is 4.42. The molecule has 0 spiro atoms. The number of alkyl halides is 3. The first-order chi connectivity index (χ1) is 22.5. The topological polar surface area (TPSA) is 77.8 Å². The zero-order valence-electron chi connectivity index (χ0n) is 26.3. The number of carbonyl (C=O) groups is 1. The van der Waals surface area contributed by atoms with Crippen molar-refractivity contribution in [2.45, 2.75) is 26.6 Å². The molecule has 0 aliphatic carbocycles. The highest BCUT2D eigenvalue weighted by Crippen LogP contribution is 2.35. The number of halogens is 3. The highest BCUT2D eigenvalue weighted by Gasteiger charge is 2.34. The standard InChI is InChI=1S/C36H34F3N7O/c1-24-6-13-33(40-21-24)43-32-5-4-14-46-30(22-41-34(32)46)12-10-26-19-27(8-7-25(26)2)35(47)42-29-11-9-28(31(20-29)36(37,38)39)23-45-17-15-44(3)16-18-45/h4-9,11,13-14,19-22H,15-18,23H2,1-3H3,(H,40,43)(H,42,47). The summed E-state index contributed by atoms with van der Waals surface area (Å²) in [7, 11) is 2.00. The third-order valence-corrected chi connectivity index (χ3v) is 8.20. The Morgan fingerprint density at radius 3 is 2.49 bits per heavy atom. The molecule has 1 fully saturated rings. The molecular weight excluding hydrogens is 603 g/mol. The van der Waals surface area contributed by atoms with Gasteiger partial charge >= 0.3 is 6.18 Å². The Morgan fingerprint density at radius 1 is 0.936 bits per heavy atom. The number of benzene rings is 2. The van der Waals surface area contributed by atoms with Crippen molar-refractivity contribution in [3.63, 3.8) is 0 Å². The number of piperazine rings is 1. The van der Waals surface area contributed by atoms with Crippen LogP contribution in [0.25, 0.3) is 5.65 Å². The van der Waals surface area contributed by atoms with Gasteiger partial charge in [0.1, 0.15) is 11.5 Å². The highest BCUT2D eigenvalue weighted by atomic mass is 19.4. The SMILES string of the molecule is Cc1ccc(Nc2cccn3c(C#Cc4cc(C(=O)Nc5ccc(CN6CCN(C)CC6)c(C(F)(F)F)c5)ccc4C)cnc23)nc1. The lowest BCUT2D eigenvalue weighted by atomic mass is 10.0. The van der Waals surface area contributed by atoms with Crippen LogP contribution in [0, 0.1) is 25.7 Å². The van der Waals surface area contributed by atoms with E-state index in [4.69, 9.17) is 0 Å². The van der Waals surface area contributed by atoms with E-state index in [1.165, 1.54) is 12.1 Å². The lowest BCUT2D eigenvalue weighted by Gasteiger charge is -2.33. The van der Waals surface area contributed by atoms with Gasteiger partial charge in [0, 0.05) is 61.9 Å². The quantitative estimate of drug-likeness (QED) is 0.207. The highest BCUT2D eigenvalue weighted by molar-refractivity contribution is 6.04. The molecule has 1 saturated heterocycles. The van der Waals surface area contributed by atoms with Gasteiger partial charge in [0.05, 0.1) is 17.4 Å². The summed E-state index contributed by atoms with van der Waals surface area (Å²) in [6.07, 6.45) is 0.769. The van der Waals surface area contributed by atoms with Gasteiger partial charge in [-0.2, -0.15) is 13.2 Å². The molecule has 4 heterocycles. The Labute approximate surface area is 271 Å². The van der Waals surface area contributed by atoms with Crippen molar-refractivity contribution >= 4 is 28.7 Å². The first-order valence-corrected chi connectivity index (χ1v) is 15.2. The summed E-state index contributed by atoms with van der Waals surface area (Å²) >= 11 is 0. The maximum absolute atomic E-state index is 14.1. The van der Waals surface area contributed by atoms with E-state index in [9.17, 15) is 18.0 Å². The second-order valence-electron chi connectivity index (χ2n) is 11.8. The molecule has 3 aromatic heterocycles. The molecule has 47 heavy (non-hydrogen) atoms. The maximum Gasteiger partial charge on any atom is 0.416 e. The van der Waals surface area contributed by atoms with Crippen molar-refractivity contribution < 1.29 is 18.0 Å². The molecule has 1 aliphatic rings. The van der Waals surface area contributed by atoms with E-state index in [0.717, 1.165) is 36.0 Å². The van der Waals surface area contributed by atoms with Crippen LogP contribution < -0.4 is 10.6 Å². The number of imidazole rings is 1. The fourth-order valence-electron chi connectivity index (χ4n) is 5.42. The van der Waals surface area contributed by atoms with Crippen molar-refractivity contribution in [1.29, 1.82) is 0 Å². The number of aromatic nitrogens is 3. The molecule has 6 rings (SSSR count). The van der Waals surface area contributed by atoms with Crippen LogP contribution in [0.1, 0.15) is 43.9 Å². The van der Waals surface area contributed by atoms with Crippen LogP contribution in [0.15, 0.2) is 79.3 Å². The van der Waals surface area contributed by atoms with Crippen molar-refractivity contribution in [2.75, 3.05) is 43.9 Å². The van der Waals surface area contributed by atoms with Crippen LogP contribution >= 0.6 is 0 Å². The Bertz CT molecular complexity index is 1980. The van der Waals surface area contributed by atoms with Crippen LogP contribution in [-0.4, -0.2) is 63.3 Å². The van der Waals surface area contributed by atoms with Gasteiger partial charge in [-0.25, -0.2) is 9.97 Å². The number of carbonyl (C=O) groups excluding carboxylic acids is 1. The molecule has 0 unspecified atom stereocenters. The molecule has 5 aromatic rings. The normalized spacial score (nSPS) is 14.1. The van der Waals surface area contributed by atoms with Crippen molar-refractivity contribution in [3.8, 4) is 11.8 Å². The van der Waals surface area contributed by atoms with Crippen LogP contribution in [0.2, 0.25) is 0 Å². The monoisotopic (exact) mass is 637 g/mol. The molecule has 2 N–H and O–H groups in total. The molecule has 0 radical (unpaired) electrons. The van der Waals surface area contributed by atoms with E-state index < -0.39 is 17.6 Å².